The van der Waals surface area contributed by atoms with Crippen LogP contribution in [0.3, 0.4) is 0 Å². The number of ketones is 1. The lowest BCUT2D eigenvalue weighted by molar-refractivity contribution is 0.101. The van der Waals surface area contributed by atoms with E-state index in [1.54, 1.807) is 0 Å². The van der Waals surface area contributed by atoms with Crippen LogP contribution in [-0.4, -0.2) is 10.9 Å². The van der Waals surface area contributed by atoms with Crippen LogP contribution in [0.15, 0.2) is 4.47 Å². The summed E-state index contributed by atoms with van der Waals surface area (Å²) < 4.78 is 0.720. The molecule has 0 saturated carbocycles. The Balaban J connectivity index is 2.75. The number of rotatable bonds is 1. The van der Waals surface area contributed by atoms with Gasteiger partial charge in [0.05, 0.1) is 10.0 Å². The maximum atomic E-state index is 11.5. The zero-order chi connectivity index (χ0) is 11.9. The summed E-state index contributed by atoms with van der Waals surface area (Å²) in [4.78, 5) is 11.5. The summed E-state index contributed by atoms with van der Waals surface area (Å²) in [5.41, 5.74) is 3.88. The number of carbonyl (C=O) groups is 1. The molecule has 0 aromatic heterocycles. The van der Waals surface area contributed by atoms with E-state index in [0.29, 0.717) is 5.56 Å². The molecular weight excluding hydrogens is 268 g/mol. The third kappa shape index (κ3) is 1.67. The molecule has 0 atom stereocenters. The minimum absolute atomic E-state index is 0.0657. The van der Waals surface area contributed by atoms with Crippen LogP contribution in [0, 0.1) is 6.92 Å². The van der Waals surface area contributed by atoms with Crippen LogP contribution in [0.5, 0.6) is 5.75 Å². The van der Waals surface area contributed by atoms with Crippen molar-refractivity contribution >= 4 is 21.7 Å². The maximum Gasteiger partial charge on any atom is 0.163 e. The van der Waals surface area contributed by atoms with E-state index in [1.165, 1.54) is 24.5 Å². The number of hydrogen-bond donors (Lipinski definition) is 1. The summed E-state index contributed by atoms with van der Waals surface area (Å²) in [6, 6.07) is 0. The Morgan fingerprint density at radius 2 is 1.81 bits per heavy atom. The molecule has 16 heavy (non-hydrogen) atoms. The molecule has 1 aliphatic carbocycles. The Labute approximate surface area is 104 Å². The van der Waals surface area contributed by atoms with Crippen LogP contribution in [0.1, 0.15) is 46.8 Å². The lowest BCUT2D eigenvalue weighted by Gasteiger charge is -2.22. The fourth-order valence-electron chi connectivity index (χ4n) is 2.57. The minimum atomic E-state index is -0.0657. The molecule has 0 heterocycles. The van der Waals surface area contributed by atoms with Gasteiger partial charge in [0.15, 0.2) is 5.78 Å². The van der Waals surface area contributed by atoms with E-state index >= 15 is 0 Å². The van der Waals surface area contributed by atoms with Gasteiger partial charge in [-0.15, -0.1) is 0 Å². The number of phenols is 1. The van der Waals surface area contributed by atoms with Crippen molar-refractivity contribution in [1.82, 2.24) is 0 Å². The van der Waals surface area contributed by atoms with Gasteiger partial charge in [-0.25, -0.2) is 0 Å². The first kappa shape index (κ1) is 11.6. The van der Waals surface area contributed by atoms with E-state index in [0.717, 1.165) is 29.3 Å². The molecule has 1 aliphatic rings. The first-order valence-electron chi connectivity index (χ1n) is 5.57. The Bertz CT molecular complexity index is 464. The van der Waals surface area contributed by atoms with Gasteiger partial charge in [0.25, 0.3) is 0 Å². The number of hydrogen-bond acceptors (Lipinski definition) is 2. The Kier molecular flexibility index (Phi) is 3.06. The van der Waals surface area contributed by atoms with Crippen molar-refractivity contribution in [3.05, 3.63) is 26.7 Å². The molecule has 0 saturated heterocycles. The Morgan fingerprint density at radius 3 is 2.38 bits per heavy atom. The van der Waals surface area contributed by atoms with Crippen LogP contribution < -0.4 is 0 Å². The van der Waals surface area contributed by atoms with Crippen LogP contribution >= 0.6 is 15.9 Å². The topological polar surface area (TPSA) is 37.3 Å². The van der Waals surface area contributed by atoms with Crippen LogP contribution in [0.2, 0.25) is 0 Å². The van der Waals surface area contributed by atoms with Gasteiger partial charge >= 0.3 is 0 Å². The van der Waals surface area contributed by atoms with Gasteiger partial charge in [0, 0.05) is 0 Å². The quantitative estimate of drug-likeness (QED) is 0.800. The first-order valence-corrected chi connectivity index (χ1v) is 6.37. The van der Waals surface area contributed by atoms with Crippen molar-refractivity contribution in [2.24, 2.45) is 0 Å². The van der Waals surface area contributed by atoms with E-state index in [9.17, 15) is 9.90 Å². The van der Waals surface area contributed by atoms with Gasteiger partial charge in [0.1, 0.15) is 5.75 Å². The standard InChI is InChI=1S/C13H15BrO2/c1-7-9-5-3-4-6-10(9)12(14)13(16)11(7)8(2)15/h16H,3-6H2,1-2H3. The molecule has 0 spiro atoms. The fraction of sp³-hybridized carbons (Fsp3) is 0.462. The highest BCUT2D eigenvalue weighted by Gasteiger charge is 2.23. The van der Waals surface area contributed by atoms with Gasteiger partial charge in [-0.1, -0.05) is 0 Å². The zero-order valence-electron chi connectivity index (χ0n) is 9.56. The minimum Gasteiger partial charge on any atom is -0.506 e. The predicted molar refractivity (Wildman–Crippen MR) is 67.2 cm³/mol. The summed E-state index contributed by atoms with van der Waals surface area (Å²) in [6.45, 7) is 3.44. The van der Waals surface area contributed by atoms with Gasteiger partial charge in [-0.3, -0.25) is 4.79 Å². The number of carbonyl (C=O) groups excluding carboxylic acids is 1. The second-order valence-corrected chi connectivity index (χ2v) is 5.18. The third-order valence-electron chi connectivity index (χ3n) is 3.36. The predicted octanol–water partition coefficient (Wildman–Crippen LogP) is 3.54. The van der Waals surface area contributed by atoms with Crippen molar-refractivity contribution in [1.29, 1.82) is 0 Å². The van der Waals surface area contributed by atoms with Crippen LogP contribution in [-0.2, 0) is 12.8 Å². The molecule has 2 nitrogen and oxygen atoms in total. The zero-order valence-corrected chi connectivity index (χ0v) is 11.1. The number of fused-ring (bicyclic) bond motifs is 1. The Morgan fingerprint density at radius 1 is 1.25 bits per heavy atom. The monoisotopic (exact) mass is 282 g/mol. The Hall–Kier alpha value is -0.830. The lowest BCUT2D eigenvalue weighted by atomic mass is 9.85. The average molecular weight is 283 g/mol. The molecule has 2 rings (SSSR count). The van der Waals surface area contributed by atoms with Gasteiger partial charge < -0.3 is 5.11 Å². The summed E-state index contributed by atoms with van der Waals surface area (Å²) in [7, 11) is 0. The molecule has 1 aromatic carbocycles. The van der Waals surface area contributed by atoms with E-state index in [4.69, 9.17) is 0 Å². The summed E-state index contributed by atoms with van der Waals surface area (Å²) in [6.07, 6.45) is 4.33. The van der Waals surface area contributed by atoms with Gasteiger partial charge in [0.2, 0.25) is 0 Å². The second-order valence-electron chi connectivity index (χ2n) is 4.38. The third-order valence-corrected chi connectivity index (χ3v) is 4.21. The molecule has 0 radical (unpaired) electrons. The van der Waals surface area contributed by atoms with Crippen molar-refractivity contribution in [2.45, 2.75) is 39.5 Å². The normalized spacial score (nSPS) is 14.7. The molecule has 0 unspecified atom stereocenters. The molecular formula is C13H15BrO2. The van der Waals surface area contributed by atoms with Gasteiger partial charge in [-0.2, -0.15) is 0 Å². The van der Waals surface area contributed by atoms with Gasteiger partial charge in [-0.05, 0) is 72.2 Å². The number of halogens is 1. The van der Waals surface area contributed by atoms with Crippen molar-refractivity contribution < 1.29 is 9.90 Å². The SMILES string of the molecule is CC(=O)c1c(C)c2c(c(Br)c1O)CCCC2. The molecule has 1 N–H and O–H groups in total. The number of phenolic OH excluding ortho intramolecular Hbond substituents is 1. The summed E-state index contributed by atoms with van der Waals surface area (Å²) >= 11 is 3.42. The highest BCUT2D eigenvalue weighted by molar-refractivity contribution is 9.10. The highest BCUT2D eigenvalue weighted by atomic mass is 79.9. The van der Waals surface area contributed by atoms with E-state index in [1.807, 2.05) is 6.92 Å². The second kappa shape index (κ2) is 4.21. The number of aromatic hydroxyl groups is 1. The smallest absolute Gasteiger partial charge is 0.163 e. The largest absolute Gasteiger partial charge is 0.506 e. The molecule has 0 amide bonds. The number of benzene rings is 1. The lowest BCUT2D eigenvalue weighted by Crippen LogP contribution is -2.10. The maximum absolute atomic E-state index is 11.5. The van der Waals surface area contributed by atoms with Crippen molar-refractivity contribution in [3.8, 4) is 5.75 Å². The first-order chi connectivity index (χ1) is 7.54. The molecule has 1 aromatic rings. The van der Waals surface area contributed by atoms with E-state index < -0.39 is 0 Å². The molecule has 86 valence electrons. The van der Waals surface area contributed by atoms with Crippen molar-refractivity contribution in [3.63, 3.8) is 0 Å². The molecule has 3 heteroatoms. The van der Waals surface area contributed by atoms with Crippen LogP contribution in [0.4, 0.5) is 0 Å². The van der Waals surface area contributed by atoms with Crippen LogP contribution in [0.25, 0.3) is 0 Å². The van der Waals surface area contributed by atoms with E-state index in [-0.39, 0.29) is 11.5 Å². The number of Topliss-reactive ketones (excluding diaryl/α,β-unsaturated/α-hetero) is 1. The molecule has 0 aliphatic heterocycles. The van der Waals surface area contributed by atoms with E-state index in [2.05, 4.69) is 15.9 Å². The molecule has 0 bridgehead atoms. The summed E-state index contributed by atoms with van der Waals surface area (Å²) in [5.74, 6) is 0.0507. The molecule has 0 fully saturated rings. The van der Waals surface area contributed by atoms with Crippen molar-refractivity contribution in [2.75, 3.05) is 0 Å². The highest BCUT2D eigenvalue weighted by Crippen LogP contribution is 2.40. The average Bonchev–Trinajstić information content (AvgIpc) is 2.26. The summed E-state index contributed by atoms with van der Waals surface area (Å²) in [5, 5.41) is 10.0. The fourth-order valence-corrected chi connectivity index (χ4v) is 3.21.